The van der Waals surface area contributed by atoms with Crippen molar-refractivity contribution in [3.8, 4) is 11.1 Å². The van der Waals surface area contributed by atoms with Gasteiger partial charge in [-0.1, -0.05) is 48.5 Å². The van der Waals surface area contributed by atoms with E-state index in [0.29, 0.717) is 0 Å². The summed E-state index contributed by atoms with van der Waals surface area (Å²) >= 11 is 0. The Morgan fingerprint density at radius 1 is 1.05 bits per heavy atom. The van der Waals surface area contributed by atoms with Crippen molar-refractivity contribution >= 4 is 11.7 Å². The highest BCUT2D eigenvalue weighted by Crippen LogP contribution is 2.27. The van der Waals surface area contributed by atoms with Crippen molar-refractivity contribution in [2.45, 2.75) is 0 Å². The Morgan fingerprint density at radius 3 is 2.57 bits per heavy atom. The second kappa shape index (κ2) is 6.31. The zero-order chi connectivity index (χ0) is 14.5. The van der Waals surface area contributed by atoms with E-state index in [-0.39, 0.29) is 6.03 Å². The second-order valence-electron chi connectivity index (χ2n) is 5.06. The fraction of sp³-hybridized carbons (Fsp3) is 0.235. The Bertz CT molecular complexity index is 612. The molecule has 0 unspecified atom stereocenters. The number of benzene rings is 2. The average molecular weight is 281 g/mol. The van der Waals surface area contributed by atoms with Gasteiger partial charge in [-0.2, -0.15) is 0 Å². The van der Waals surface area contributed by atoms with Crippen LogP contribution in [-0.4, -0.2) is 37.1 Å². The van der Waals surface area contributed by atoms with Crippen molar-refractivity contribution in [3.05, 3.63) is 54.6 Å². The lowest BCUT2D eigenvalue weighted by Crippen LogP contribution is -2.32. The molecule has 0 spiro atoms. The molecule has 0 radical (unpaired) electrons. The van der Waals surface area contributed by atoms with E-state index in [2.05, 4.69) is 34.9 Å². The molecule has 1 saturated heterocycles. The van der Waals surface area contributed by atoms with Crippen LogP contribution < -0.4 is 10.6 Å². The smallest absolute Gasteiger partial charge is 0.317 e. The number of nitrogens with zero attached hydrogens (tertiary/aromatic N) is 1. The number of rotatable bonds is 5. The Balaban J connectivity index is 1.67. The molecule has 0 aliphatic carbocycles. The molecule has 1 heterocycles. The monoisotopic (exact) mass is 281 g/mol. The number of anilines is 1. The van der Waals surface area contributed by atoms with E-state index < -0.39 is 0 Å². The van der Waals surface area contributed by atoms with E-state index in [4.69, 9.17) is 0 Å². The van der Waals surface area contributed by atoms with Crippen LogP contribution in [-0.2, 0) is 0 Å². The lowest BCUT2D eigenvalue weighted by molar-refractivity contribution is 0.219. The maximum atomic E-state index is 11.5. The number of carbonyl (C=O) groups excluding carboxylic acids is 1. The Kier molecular flexibility index (Phi) is 4.05. The Morgan fingerprint density at radius 2 is 1.81 bits per heavy atom. The first-order chi connectivity index (χ1) is 10.3. The minimum Gasteiger partial charge on any atom is -0.383 e. The molecule has 2 amide bonds. The molecule has 0 atom stereocenters. The van der Waals surface area contributed by atoms with Crippen LogP contribution >= 0.6 is 0 Å². The van der Waals surface area contributed by atoms with Crippen LogP contribution in [0.1, 0.15) is 0 Å². The third-order valence-electron chi connectivity index (χ3n) is 3.65. The Labute approximate surface area is 124 Å². The summed E-state index contributed by atoms with van der Waals surface area (Å²) in [6.07, 6.45) is 0. The van der Waals surface area contributed by atoms with Gasteiger partial charge in [0.05, 0.1) is 0 Å². The zero-order valence-corrected chi connectivity index (χ0v) is 11.9. The van der Waals surface area contributed by atoms with Crippen molar-refractivity contribution in [1.29, 1.82) is 0 Å². The third-order valence-corrected chi connectivity index (χ3v) is 3.65. The van der Waals surface area contributed by atoms with Gasteiger partial charge in [0.1, 0.15) is 0 Å². The largest absolute Gasteiger partial charge is 0.383 e. The molecule has 4 heteroatoms. The molecule has 2 aromatic carbocycles. The number of nitrogens with one attached hydrogen (secondary N) is 2. The number of hydrogen-bond donors (Lipinski definition) is 2. The Hall–Kier alpha value is -2.49. The van der Waals surface area contributed by atoms with Crippen molar-refractivity contribution < 1.29 is 4.79 Å². The molecule has 21 heavy (non-hydrogen) atoms. The highest BCUT2D eigenvalue weighted by atomic mass is 16.2. The average Bonchev–Trinajstić information content (AvgIpc) is 2.94. The first-order valence-electron chi connectivity index (χ1n) is 7.26. The first-order valence-corrected chi connectivity index (χ1v) is 7.26. The normalized spacial score (nSPS) is 14.1. The van der Waals surface area contributed by atoms with E-state index in [1.165, 1.54) is 11.1 Å². The first kappa shape index (κ1) is 13.5. The van der Waals surface area contributed by atoms with Crippen LogP contribution in [0.3, 0.4) is 0 Å². The molecule has 0 saturated carbocycles. The van der Waals surface area contributed by atoms with Gasteiger partial charge in [0.25, 0.3) is 0 Å². The van der Waals surface area contributed by atoms with Gasteiger partial charge in [-0.15, -0.1) is 0 Å². The van der Waals surface area contributed by atoms with Crippen LogP contribution in [0.4, 0.5) is 10.5 Å². The molecule has 1 aliphatic rings. The molecule has 3 rings (SSSR count). The molecule has 4 nitrogen and oxygen atoms in total. The molecule has 0 aromatic heterocycles. The SMILES string of the molecule is O=C1NCCN1CCNc1ccccc1-c1ccccc1. The maximum Gasteiger partial charge on any atom is 0.317 e. The van der Waals surface area contributed by atoms with Gasteiger partial charge in [-0.3, -0.25) is 0 Å². The summed E-state index contributed by atoms with van der Waals surface area (Å²) < 4.78 is 0. The summed E-state index contributed by atoms with van der Waals surface area (Å²) in [5.74, 6) is 0. The van der Waals surface area contributed by atoms with E-state index in [9.17, 15) is 4.79 Å². The number of amides is 2. The summed E-state index contributed by atoms with van der Waals surface area (Å²) in [4.78, 5) is 13.3. The molecule has 108 valence electrons. The fourth-order valence-corrected chi connectivity index (χ4v) is 2.56. The molecule has 2 aromatic rings. The van der Waals surface area contributed by atoms with Gasteiger partial charge in [-0.25, -0.2) is 4.79 Å². The predicted molar refractivity (Wildman–Crippen MR) is 85.3 cm³/mol. The van der Waals surface area contributed by atoms with Crippen LogP contribution in [0, 0.1) is 0 Å². The van der Waals surface area contributed by atoms with Gasteiger partial charge >= 0.3 is 6.03 Å². The van der Waals surface area contributed by atoms with Crippen molar-refractivity contribution in [3.63, 3.8) is 0 Å². The summed E-state index contributed by atoms with van der Waals surface area (Å²) in [6, 6.07) is 18.6. The van der Waals surface area contributed by atoms with Crippen LogP contribution in [0.25, 0.3) is 11.1 Å². The summed E-state index contributed by atoms with van der Waals surface area (Å²) in [5, 5.41) is 6.25. The van der Waals surface area contributed by atoms with Gasteiger partial charge in [0.15, 0.2) is 0 Å². The quantitative estimate of drug-likeness (QED) is 0.885. The molecule has 2 N–H and O–H groups in total. The highest BCUT2D eigenvalue weighted by Gasteiger charge is 2.18. The van der Waals surface area contributed by atoms with Crippen LogP contribution in [0.5, 0.6) is 0 Å². The van der Waals surface area contributed by atoms with Crippen LogP contribution in [0.2, 0.25) is 0 Å². The number of para-hydroxylation sites is 1. The van der Waals surface area contributed by atoms with E-state index in [0.717, 1.165) is 31.9 Å². The summed E-state index contributed by atoms with van der Waals surface area (Å²) in [7, 11) is 0. The van der Waals surface area contributed by atoms with E-state index >= 15 is 0 Å². The van der Waals surface area contributed by atoms with Gasteiger partial charge in [-0.05, 0) is 11.6 Å². The molecule has 0 bridgehead atoms. The molecular formula is C17H19N3O. The number of urea groups is 1. The van der Waals surface area contributed by atoms with Gasteiger partial charge < -0.3 is 15.5 Å². The number of hydrogen-bond acceptors (Lipinski definition) is 2. The van der Waals surface area contributed by atoms with E-state index in [1.54, 1.807) is 0 Å². The maximum absolute atomic E-state index is 11.5. The minimum atomic E-state index is 0.0353. The molecule has 1 aliphatic heterocycles. The number of carbonyl (C=O) groups is 1. The lowest BCUT2D eigenvalue weighted by atomic mass is 10.0. The minimum absolute atomic E-state index is 0.0353. The highest BCUT2D eigenvalue weighted by molar-refractivity contribution is 5.78. The lowest BCUT2D eigenvalue weighted by Gasteiger charge is -2.16. The zero-order valence-electron chi connectivity index (χ0n) is 11.9. The van der Waals surface area contributed by atoms with Gasteiger partial charge in [0.2, 0.25) is 0 Å². The van der Waals surface area contributed by atoms with Crippen molar-refractivity contribution in [2.24, 2.45) is 0 Å². The summed E-state index contributed by atoms with van der Waals surface area (Å²) in [5.41, 5.74) is 3.48. The fourth-order valence-electron chi connectivity index (χ4n) is 2.56. The van der Waals surface area contributed by atoms with Gasteiger partial charge in [0, 0.05) is 37.4 Å². The van der Waals surface area contributed by atoms with Crippen molar-refractivity contribution in [1.82, 2.24) is 10.2 Å². The second-order valence-corrected chi connectivity index (χ2v) is 5.06. The predicted octanol–water partition coefficient (Wildman–Crippen LogP) is 2.79. The van der Waals surface area contributed by atoms with Crippen molar-refractivity contribution in [2.75, 3.05) is 31.5 Å². The molecular weight excluding hydrogens is 262 g/mol. The van der Waals surface area contributed by atoms with E-state index in [1.807, 2.05) is 35.2 Å². The standard InChI is InChI=1S/C17H19N3O/c21-17-19-11-13-20(17)12-10-18-16-9-5-4-8-15(16)14-6-2-1-3-7-14/h1-9,18H,10-13H2,(H,19,21). The molecule has 1 fully saturated rings. The summed E-state index contributed by atoms with van der Waals surface area (Å²) in [6.45, 7) is 3.01. The topological polar surface area (TPSA) is 44.4 Å². The third kappa shape index (κ3) is 3.16. The van der Waals surface area contributed by atoms with Crippen LogP contribution in [0.15, 0.2) is 54.6 Å².